The number of nitrogens with zero attached hydrogens (tertiary/aromatic N) is 1. The fraction of sp³-hybridized carbons (Fsp3) is 0.692. The van der Waals surface area contributed by atoms with Crippen LogP contribution in [0, 0.1) is 5.92 Å². The highest BCUT2D eigenvalue weighted by atomic mass is 16.7. The van der Waals surface area contributed by atoms with Crippen LogP contribution in [0.1, 0.15) is 79.6 Å². The van der Waals surface area contributed by atoms with Crippen molar-refractivity contribution in [2.24, 2.45) is 5.92 Å². The van der Waals surface area contributed by atoms with Gasteiger partial charge in [0.1, 0.15) is 23.9 Å². The Morgan fingerprint density at radius 3 is 2.39 bits per heavy atom. The number of imide groups is 1. The number of carbonyl (C=O) groups is 6. The molecule has 1 spiro atoms. The van der Waals surface area contributed by atoms with Crippen LogP contribution in [0.4, 0.5) is 0 Å². The quantitative estimate of drug-likeness (QED) is 0.0398. The third-order valence-corrected chi connectivity index (χ3v) is 9.93. The van der Waals surface area contributed by atoms with Gasteiger partial charge in [0.25, 0.3) is 11.8 Å². The molecular formula is C39H57N3O14. The predicted octanol–water partition coefficient (Wildman–Crippen LogP) is 1.51. The molecule has 0 aromatic carbocycles. The summed E-state index contributed by atoms with van der Waals surface area (Å²) >= 11 is 0. The summed E-state index contributed by atoms with van der Waals surface area (Å²) in [5.74, 6) is -2.56. The van der Waals surface area contributed by atoms with E-state index in [-0.39, 0.29) is 94.6 Å². The molecule has 4 amide bonds. The highest BCUT2D eigenvalue weighted by molar-refractivity contribution is 6.01. The van der Waals surface area contributed by atoms with E-state index in [1.54, 1.807) is 13.0 Å². The molecule has 4 saturated heterocycles. The van der Waals surface area contributed by atoms with Gasteiger partial charge in [0.05, 0.1) is 70.2 Å². The molecule has 0 aromatic rings. The number of aliphatic hydroxyl groups excluding tert-OH is 1. The number of hydrogen-bond acceptors (Lipinski definition) is 14. The zero-order chi connectivity index (χ0) is 40.8. The van der Waals surface area contributed by atoms with E-state index in [4.69, 9.17) is 33.3 Å². The lowest BCUT2D eigenvalue weighted by atomic mass is 9.87. The molecule has 9 atom stereocenters. The lowest BCUT2D eigenvalue weighted by molar-refractivity contribution is -0.198. The van der Waals surface area contributed by atoms with E-state index in [0.29, 0.717) is 24.5 Å². The second-order valence-electron chi connectivity index (χ2n) is 14.7. The highest BCUT2D eigenvalue weighted by Crippen LogP contribution is 2.43. The number of carbonyl (C=O) groups excluding carboxylic acids is 6. The van der Waals surface area contributed by atoms with E-state index in [2.05, 4.69) is 23.6 Å². The Morgan fingerprint density at radius 1 is 1.02 bits per heavy atom. The van der Waals surface area contributed by atoms with Gasteiger partial charge in [-0.25, -0.2) is 4.79 Å². The van der Waals surface area contributed by atoms with E-state index < -0.39 is 53.8 Å². The topological polar surface area (TPSA) is 218 Å². The van der Waals surface area contributed by atoms with Crippen molar-refractivity contribution in [3.63, 3.8) is 0 Å². The maximum absolute atomic E-state index is 12.7. The summed E-state index contributed by atoms with van der Waals surface area (Å²) in [6, 6.07) is -0.160. The van der Waals surface area contributed by atoms with E-state index in [1.807, 2.05) is 19.9 Å². The van der Waals surface area contributed by atoms with Crippen LogP contribution in [0.2, 0.25) is 0 Å². The number of hydrogen-bond donors (Lipinski definition) is 3. The fourth-order valence-corrected chi connectivity index (χ4v) is 6.71. The summed E-state index contributed by atoms with van der Waals surface area (Å²) in [4.78, 5) is 75.8. The number of allylic oxidation sites excluding steroid dienone is 2. The molecule has 3 N–H and O–H groups in total. The molecule has 0 bridgehead atoms. The van der Waals surface area contributed by atoms with Crippen molar-refractivity contribution in [3.05, 3.63) is 36.0 Å². The van der Waals surface area contributed by atoms with Crippen LogP contribution in [0.3, 0.4) is 0 Å². The predicted molar refractivity (Wildman–Crippen MR) is 197 cm³/mol. The average molecular weight is 792 g/mol. The molecule has 0 radical (unpaired) electrons. The Balaban J connectivity index is 1.11. The molecule has 4 rings (SSSR count). The number of esters is 1. The Kier molecular flexibility index (Phi) is 17.2. The van der Waals surface area contributed by atoms with Crippen molar-refractivity contribution < 1.29 is 67.1 Å². The molecule has 17 nitrogen and oxygen atoms in total. The van der Waals surface area contributed by atoms with Crippen LogP contribution in [0.15, 0.2) is 36.0 Å². The van der Waals surface area contributed by atoms with Crippen molar-refractivity contribution in [1.82, 2.24) is 15.7 Å². The van der Waals surface area contributed by atoms with E-state index in [1.165, 1.54) is 19.1 Å². The van der Waals surface area contributed by atoms with Gasteiger partial charge in [-0.15, -0.1) is 5.06 Å². The van der Waals surface area contributed by atoms with Gasteiger partial charge in [-0.2, -0.15) is 0 Å². The van der Waals surface area contributed by atoms with Gasteiger partial charge >= 0.3 is 11.9 Å². The minimum atomic E-state index is -0.875. The maximum atomic E-state index is 12.7. The molecule has 4 aliphatic rings. The summed E-state index contributed by atoms with van der Waals surface area (Å²) in [6.45, 7) is 10.3. The summed E-state index contributed by atoms with van der Waals surface area (Å²) in [6.07, 6.45) is 7.73. The van der Waals surface area contributed by atoms with Crippen LogP contribution >= 0.6 is 0 Å². The maximum Gasteiger partial charge on any atom is 0.335 e. The molecule has 4 aliphatic heterocycles. The minimum absolute atomic E-state index is 0.0278. The molecule has 0 saturated carbocycles. The van der Waals surface area contributed by atoms with Gasteiger partial charge in [-0.05, 0) is 45.6 Å². The first-order valence-electron chi connectivity index (χ1n) is 19.3. The zero-order valence-corrected chi connectivity index (χ0v) is 32.9. The first-order chi connectivity index (χ1) is 26.7. The van der Waals surface area contributed by atoms with Gasteiger partial charge < -0.3 is 49.0 Å². The second-order valence-corrected chi connectivity index (χ2v) is 14.7. The average Bonchev–Trinajstić information content (AvgIpc) is 3.84. The number of ether oxygens (including phenoxy) is 6. The van der Waals surface area contributed by atoms with Gasteiger partial charge in [0.15, 0.2) is 0 Å². The third kappa shape index (κ3) is 14.2. The molecule has 56 heavy (non-hydrogen) atoms. The van der Waals surface area contributed by atoms with Crippen molar-refractivity contribution in [3.8, 4) is 0 Å². The number of aliphatic hydroxyl groups is 1. The molecule has 0 aromatic heterocycles. The SMILES string of the molecule is CC(=O)OC(C)C=CC(=O)N[C@@H]1C[C@H](C)[C@H](C/C=C(C)/C=C/[C@H]2O[C@H](CC(=O)NCCOCCOCCC(=O)ON3C(=O)CCC3=O)C[C@@]3(CO3)[C@@H]2O)O[C@@H]1C. The Labute approximate surface area is 327 Å². The van der Waals surface area contributed by atoms with Crippen LogP contribution in [0.25, 0.3) is 0 Å². The number of rotatable bonds is 20. The molecule has 4 fully saturated rings. The van der Waals surface area contributed by atoms with Crippen LogP contribution in [0.5, 0.6) is 0 Å². The summed E-state index contributed by atoms with van der Waals surface area (Å²) < 4.78 is 33.9. The third-order valence-electron chi connectivity index (χ3n) is 9.93. The Morgan fingerprint density at radius 2 is 1.71 bits per heavy atom. The summed E-state index contributed by atoms with van der Waals surface area (Å²) in [7, 11) is 0. The molecule has 1 unspecified atom stereocenters. The zero-order valence-electron chi connectivity index (χ0n) is 32.9. The van der Waals surface area contributed by atoms with Crippen LogP contribution < -0.4 is 10.6 Å². The molecule has 17 heteroatoms. The smallest absolute Gasteiger partial charge is 0.335 e. The Bertz CT molecular complexity index is 1480. The highest BCUT2D eigenvalue weighted by Gasteiger charge is 2.58. The summed E-state index contributed by atoms with van der Waals surface area (Å²) in [5.41, 5.74) is 0.223. The van der Waals surface area contributed by atoms with E-state index in [9.17, 15) is 33.9 Å². The van der Waals surface area contributed by atoms with E-state index >= 15 is 0 Å². The molecule has 312 valence electrons. The fourth-order valence-electron chi connectivity index (χ4n) is 6.71. The van der Waals surface area contributed by atoms with Crippen molar-refractivity contribution in [1.29, 1.82) is 0 Å². The second kappa shape index (κ2) is 21.5. The molecule has 4 heterocycles. The standard InChI is InChI=1S/C39H57N3O14/c1-24(6-9-31-25(2)20-30(27(4)54-31)41-33(44)11-8-26(3)53-28(5)43)7-10-32-38(49)39(23-52-39)22-29(55-32)21-34(45)40-15-17-51-19-18-50-16-14-37(48)56-42-35(46)12-13-36(42)47/h6-8,10-11,25-27,29-32,38,49H,9,12-23H2,1-5H3,(H,40,45)(H,41,44)/b10-7+,11-8?,24-6+/t25-,26?,27+,29+,30+,31-,32+,38+,39+/m0/s1. The lowest BCUT2D eigenvalue weighted by Gasteiger charge is -2.39. The number of amides is 4. The number of epoxide rings is 1. The Hall–Kier alpha value is -4.00. The van der Waals surface area contributed by atoms with Gasteiger partial charge in [0, 0.05) is 38.8 Å². The lowest BCUT2D eigenvalue weighted by Crippen LogP contribution is -2.51. The first kappa shape index (κ1) is 44.7. The molecule has 0 aliphatic carbocycles. The van der Waals surface area contributed by atoms with Gasteiger partial charge in [0.2, 0.25) is 11.8 Å². The van der Waals surface area contributed by atoms with E-state index in [0.717, 1.165) is 12.0 Å². The van der Waals surface area contributed by atoms with Crippen molar-refractivity contribution in [2.75, 3.05) is 39.6 Å². The van der Waals surface area contributed by atoms with Gasteiger partial charge in [-0.1, -0.05) is 30.7 Å². The normalized spacial score (nSPS) is 29.9. The van der Waals surface area contributed by atoms with Gasteiger partial charge in [-0.3, -0.25) is 24.0 Å². The van der Waals surface area contributed by atoms with Crippen molar-refractivity contribution in [2.45, 2.75) is 128 Å². The monoisotopic (exact) mass is 791 g/mol. The first-order valence-corrected chi connectivity index (χ1v) is 19.3. The largest absolute Gasteiger partial charge is 0.459 e. The molecular weight excluding hydrogens is 734 g/mol. The number of nitrogens with one attached hydrogen (secondary N) is 2. The number of hydroxylamine groups is 2. The van der Waals surface area contributed by atoms with Crippen molar-refractivity contribution >= 4 is 35.6 Å². The van der Waals surface area contributed by atoms with Crippen LogP contribution in [-0.2, 0) is 62.0 Å². The van der Waals surface area contributed by atoms with Crippen LogP contribution in [-0.4, -0.2) is 134 Å². The minimum Gasteiger partial charge on any atom is -0.459 e. The summed E-state index contributed by atoms with van der Waals surface area (Å²) in [5, 5.41) is 17.3.